The predicted octanol–water partition coefficient (Wildman–Crippen LogP) is 4.16. The molecule has 21 heavy (non-hydrogen) atoms. The molecular weight excluding hydrogens is 315 g/mol. The number of hydrogen-bond acceptors (Lipinski definition) is 6. The Morgan fingerprint density at radius 2 is 2.00 bits per heavy atom. The summed E-state index contributed by atoms with van der Waals surface area (Å²) in [6.45, 7) is 4.07. The van der Waals surface area contributed by atoms with E-state index in [1.165, 1.54) is 0 Å². The molecule has 2 aromatic rings. The average molecular weight is 331 g/mol. The van der Waals surface area contributed by atoms with Gasteiger partial charge in [0.2, 0.25) is 0 Å². The molecule has 0 fully saturated rings. The van der Waals surface area contributed by atoms with Gasteiger partial charge < -0.3 is 13.6 Å². The Morgan fingerprint density at radius 1 is 1.29 bits per heavy atom. The van der Waals surface area contributed by atoms with Gasteiger partial charge in [-0.2, -0.15) is 4.98 Å². The summed E-state index contributed by atoms with van der Waals surface area (Å²) < 4.78 is 27.9. The Hall–Kier alpha value is -1.20. The molecular formula is C13H16ClN2O4P. The summed E-state index contributed by atoms with van der Waals surface area (Å²) in [5, 5.41) is 4.38. The fourth-order valence-electron chi connectivity index (χ4n) is 1.75. The Morgan fingerprint density at radius 3 is 2.62 bits per heavy atom. The zero-order valence-corrected chi connectivity index (χ0v) is 13.4. The quantitative estimate of drug-likeness (QED) is 0.710. The number of rotatable bonds is 7. The molecule has 0 aliphatic carbocycles. The zero-order valence-electron chi connectivity index (χ0n) is 11.8. The van der Waals surface area contributed by atoms with E-state index in [4.69, 9.17) is 25.2 Å². The van der Waals surface area contributed by atoms with Crippen molar-refractivity contribution >= 4 is 19.2 Å². The van der Waals surface area contributed by atoms with Gasteiger partial charge in [-0.1, -0.05) is 22.8 Å². The minimum Gasteiger partial charge on any atom is -0.334 e. The third kappa shape index (κ3) is 4.38. The van der Waals surface area contributed by atoms with Crippen molar-refractivity contribution < 1.29 is 18.1 Å². The van der Waals surface area contributed by atoms with Crippen LogP contribution in [0.15, 0.2) is 28.8 Å². The first-order valence-corrected chi connectivity index (χ1v) is 8.63. The van der Waals surface area contributed by atoms with Crippen molar-refractivity contribution in [3.8, 4) is 11.5 Å². The first-order chi connectivity index (χ1) is 10.1. The third-order valence-corrected chi connectivity index (χ3v) is 4.73. The van der Waals surface area contributed by atoms with Crippen molar-refractivity contribution in [2.45, 2.75) is 20.0 Å². The van der Waals surface area contributed by atoms with Crippen molar-refractivity contribution in [3.05, 3.63) is 35.1 Å². The van der Waals surface area contributed by atoms with Crippen LogP contribution in [0.25, 0.3) is 11.5 Å². The molecule has 0 amide bonds. The van der Waals surface area contributed by atoms with Crippen LogP contribution in [-0.4, -0.2) is 23.4 Å². The van der Waals surface area contributed by atoms with Crippen LogP contribution in [0.4, 0.5) is 0 Å². The van der Waals surface area contributed by atoms with Crippen LogP contribution in [0.2, 0.25) is 5.02 Å². The highest BCUT2D eigenvalue weighted by Gasteiger charge is 2.27. The largest absolute Gasteiger partial charge is 0.338 e. The zero-order chi connectivity index (χ0) is 15.3. The van der Waals surface area contributed by atoms with E-state index in [0.29, 0.717) is 16.5 Å². The highest BCUT2D eigenvalue weighted by molar-refractivity contribution is 7.53. The fraction of sp³-hybridized carbons (Fsp3) is 0.385. The molecule has 0 aliphatic heterocycles. The molecule has 2 rings (SSSR count). The molecule has 0 saturated carbocycles. The van der Waals surface area contributed by atoms with Crippen LogP contribution in [0, 0.1) is 0 Å². The van der Waals surface area contributed by atoms with Gasteiger partial charge in [-0.05, 0) is 32.0 Å². The Balaban J connectivity index is 2.18. The highest BCUT2D eigenvalue weighted by atomic mass is 35.5. The van der Waals surface area contributed by atoms with Crippen LogP contribution in [0.1, 0.15) is 19.7 Å². The van der Waals surface area contributed by atoms with E-state index in [0.717, 1.165) is 0 Å². The summed E-state index contributed by atoms with van der Waals surface area (Å²) in [6, 6.07) is 7.05. The summed E-state index contributed by atoms with van der Waals surface area (Å²) in [5.74, 6) is 0.585. The number of halogens is 1. The van der Waals surface area contributed by atoms with Crippen LogP contribution in [-0.2, 0) is 19.8 Å². The molecule has 0 N–H and O–H groups in total. The fourth-order valence-corrected chi connectivity index (χ4v) is 3.46. The number of nitrogens with zero attached hydrogens (tertiary/aromatic N) is 2. The smallest absolute Gasteiger partial charge is 0.334 e. The van der Waals surface area contributed by atoms with Gasteiger partial charge in [0.05, 0.1) is 13.2 Å². The molecule has 8 heteroatoms. The molecule has 1 heterocycles. The number of hydrogen-bond donors (Lipinski definition) is 0. The predicted molar refractivity (Wildman–Crippen MR) is 79.3 cm³/mol. The van der Waals surface area contributed by atoms with Crippen molar-refractivity contribution in [1.29, 1.82) is 0 Å². The molecule has 1 aromatic heterocycles. The maximum absolute atomic E-state index is 12.4. The maximum atomic E-state index is 12.4. The molecule has 0 aliphatic rings. The first-order valence-electron chi connectivity index (χ1n) is 6.53. The lowest BCUT2D eigenvalue weighted by molar-refractivity contribution is 0.218. The van der Waals surface area contributed by atoms with Crippen molar-refractivity contribution in [2.24, 2.45) is 0 Å². The lowest BCUT2D eigenvalue weighted by atomic mass is 10.2. The number of benzene rings is 1. The second-order valence-corrected chi connectivity index (χ2v) is 6.62. The second kappa shape index (κ2) is 7.18. The topological polar surface area (TPSA) is 74.5 Å². The van der Waals surface area contributed by atoms with E-state index < -0.39 is 7.60 Å². The van der Waals surface area contributed by atoms with Crippen LogP contribution < -0.4 is 0 Å². The molecule has 114 valence electrons. The summed E-state index contributed by atoms with van der Waals surface area (Å²) >= 11 is 5.92. The standard InChI is InChI=1S/C13H16ClN2O4P/c1-3-18-21(17,19-4-2)9-12-15-13(20-16-12)10-6-5-7-11(14)8-10/h5-8H,3-4,9H2,1-2H3. The summed E-state index contributed by atoms with van der Waals surface area (Å²) in [4.78, 5) is 4.20. The van der Waals surface area contributed by atoms with Gasteiger partial charge in [-0.15, -0.1) is 0 Å². The summed E-state index contributed by atoms with van der Waals surface area (Å²) in [7, 11) is -3.24. The average Bonchev–Trinajstić information content (AvgIpc) is 2.87. The Labute approximate surface area is 127 Å². The Bertz CT molecular complexity index is 637. The SMILES string of the molecule is CCOP(=O)(Cc1noc(-c2cccc(Cl)c2)n1)OCC. The lowest BCUT2D eigenvalue weighted by Crippen LogP contribution is -2.00. The summed E-state index contributed by atoms with van der Waals surface area (Å²) in [5.41, 5.74) is 0.698. The molecule has 0 unspecified atom stereocenters. The van der Waals surface area contributed by atoms with Crippen molar-refractivity contribution in [2.75, 3.05) is 13.2 Å². The van der Waals surface area contributed by atoms with Gasteiger partial charge in [0.1, 0.15) is 6.16 Å². The molecule has 0 bridgehead atoms. The van der Waals surface area contributed by atoms with E-state index in [1.807, 2.05) is 0 Å². The van der Waals surface area contributed by atoms with E-state index in [-0.39, 0.29) is 25.2 Å². The van der Waals surface area contributed by atoms with Crippen LogP contribution >= 0.6 is 19.2 Å². The monoisotopic (exact) mass is 330 g/mol. The van der Waals surface area contributed by atoms with E-state index in [2.05, 4.69) is 10.1 Å². The van der Waals surface area contributed by atoms with Gasteiger partial charge in [-0.3, -0.25) is 4.57 Å². The van der Waals surface area contributed by atoms with Gasteiger partial charge in [0, 0.05) is 10.6 Å². The molecule has 0 atom stereocenters. The highest BCUT2D eigenvalue weighted by Crippen LogP contribution is 2.50. The van der Waals surface area contributed by atoms with Crippen molar-refractivity contribution in [1.82, 2.24) is 10.1 Å². The maximum Gasteiger partial charge on any atom is 0.338 e. The van der Waals surface area contributed by atoms with E-state index in [9.17, 15) is 4.57 Å². The molecule has 6 nitrogen and oxygen atoms in total. The second-order valence-electron chi connectivity index (χ2n) is 4.13. The van der Waals surface area contributed by atoms with Gasteiger partial charge >= 0.3 is 7.60 Å². The minimum atomic E-state index is -3.24. The molecule has 1 aromatic carbocycles. The van der Waals surface area contributed by atoms with E-state index >= 15 is 0 Å². The van der Waals surface area contributed by atoms with Gasteiger partial charge in [0.25, 0.3) is 5.89 Å². The third-order valence-electron chi connectivity index (χ3n) is 2.53. The van der Waals surface area contributed by atoms with Crippen LogP contribution in [0.3, 0.4) is 0 Å². The number of aromatic nitrogens is 2. The molecule has 0 radical (unpaired) electrons. The minimum absolute atomic E-state index is 0.0290. The van der Waals surface area contributed by atoms with Gasteiger partial charge in [0.15, 0.2) is 5.82 Å². The molecule has 0 saturated heterocycles. The van der Waals surface area contributed by atoms with Crippen LogP contribution in [0.5, 0.6) is 0 Å². The lowest BCUT2D eigenvalue weighted by Gasteiger charge is -2.14. The first kappa shape index (κ1) is 16.2. The summed E-state index contributed by atoms with van der Waals surface area (Å²) in [6.07, 6.45) is -0.0290. The molecule has 0 spiro atoms. The normalized spacial score (nSPS) is 11.8. The van der Waals surface area contributed by atoms with Gasteiger partial charge in [-0.25, -0.2) is 0 Å². The van der Waals surface area contributed by atoms with Crippen molar-refractivity contribution in [3.63, 3.8) is 0 Å². The Kier molecular flexibility index (Phi) is 5.53. The van der Waals surface area contributed by atoms with E-state index in [1.54, 1.807) is 38.1 Å².